The minimum absolute atomic E-state index is 0.0151. The molecule has 0 unspecified atom stereocenters. The van der Waals surface area contributed by atoms with E-state index < -0.39 is 17.7 Å². The normalized spacial score (nSPS) is 18.9. The second-order valence-electron chi connectivity index (χ2n) is 7.70. The lowest BCUT2D eigenvalue weighted by atomic mass is 9.89. The number of aromatic amines is 1. The first kappa shape index (κ1) is 19.6. The van der Waals surface area contributed by atoms with Gasteiger partial charge in [0.1, 0.15) is 5.82 Å². The highest BCUT2D eigenvalue weighted by atomic mass is 16.2. The van der Waals surface area contributed by atoms with E-state index >= 15 is 0 Å². The SMILES string of the molecule is C[C@H]1CC[C@H](c2ccc3[nH]ccc3c2)N(C(=O)C(=O)Nc2ncccc2C(N)=O)C1. The van der Waals surface area contributed by atoms with Crippen LogP contribution in [0.3, 0.4) is 0 Å². The number of likely N-dealkylation sites (tertiary alicyclic amines) is 1. The summed E-state index contributed by atoms with van der Waals surface area (Å²) in [6.45, 7) is 2.54. The Morgan fingerprint density at radius 2 is 2.03 bits per heavy atom. The summed E-state index contributed by atoms with van der Waals surface area (Å²) in [5.41, 5.74) is 7.40. The molecule has 0 aliphatic carbocycles. The number of nitrogens with zero attached hydrogens (tertiary/aromatic N) is 2. The molecule has 0 radical (unpaired) electrons. The lowest BCUT2D eigenvalue weighted by Crippen LogP contribution is -2.46. The number of hydrogen-bond acceptors (Lipinski definition) is 4. The van der Waals surface area contributed by atoms with E-state index in [0.29, 0.717) is 6.54 Å². The maximum absolute atomic E-state index is 13.1. The number of pyridine rings is 1. The molecule has 154 valence electrons. The highest BCUT2D eigenvalue weighted by Gasteiger charge is 2.34. The van der Waals surface area contributed by atoms with Gasteiger partial charge in [0.05, 0.1) is 11.6 Å². The van der Waals surface area contributed by atoms with Gasteiger partial charge in [-0.15, -0.1) is 0 Å². The molecular weight excluding hydrogens is 382 g/mol. The van der Waals surface area contributed by atoms with Crippen molar-refractivity contribution in [3.8, 4) is 0 Å². The summed E-state index contributed by atoms with van der Waals surface area (Å²) in [7, 11) is 0. The summed E-state index contributed by atoms with van der Waals surface area (Å²) in [4.78, 5) is 46.2. The van der Waals surface area contributed by atoms with Crippen LogP contribution in [0.25, 0.3) is 10.9 Å². The van der Waals surface area contributed by atoms with Gasteiger partial charge in [0.2, 0.25) is 0 Å². The fourth-order valence-corrected chi connectivity index (χ4v) is 4.00. The number of amides is 3. The van der Waals surface area contributed by atoms with Gasteiger partial charge in [0.15, 0.2) is 0 Å². The van der Waals surface area contributed by atoms with Gasteiger partial charge in [-0.3, -0.25) is 14.4 Å². The monoisotopic (exact) mass is 405 g/mol. The van der Waals surface area contributed by atoms with Gasteiger partial charge in [-0.2, -0.15) is 0 Å². The van der Waals surface area contributed by atoms with E-state index in [9.17, 15) is 14.4 Å². The van der Waals surface area contributed by atoms with Crippen LogP contribution < -0.4 is 11.1 Å². The molecule has 1 aliphatic rings. The molecule has 2 atom stereocenters. The average Bonchev–Trinajstić information content (AvgIpc) is 3.21. The summed E-state index contributed by atoms with van der Waals surface area (Å²) < 4.78 is 0. The van der Waals surface area contributed by atoms with Crippen LogP contribution >= 0.6 is 0 Å². The molecule has 0 saturated carbocycles. The zero-order valence-electron chi connectivity index (χ0n) is 16.6. The lowest BCUT2D eigenvalue weighted by Gasteiger charge is -2.38. The molecule has 8 heteroatoms. The number of fused-ring (bicyclic) bond motifs is 1. The van der Waals surface area contributed by atoms with Crippen molar-refractivity contribution in [2.24, 2.45) is 11.7 Å². The Hall–Kier alpha value is -3.68. The van der Waals surface area contributed by atoms with Gasteiger partial charge >= 0.3 is 11.8 Å². The smallest absolute Gasteiger partial charge is 0.315 e. The van der Waals surface area contributed by atoms with Crippen molar-refractivity contribution in [2.45, 2.75) is 25.8 Å². The van der Waals surface area contributed by atoms with Crippen LogP contribution in [-0.4, -0.2) is 39.1 Å². The van der Waals surface area contributed by atoms with Crippen LogP contribution in [0.1, 0.15) is 41.7 Å². The summed E-state index contributed by atoms with van der Waals surface area (Å²) in [5.74, 6) is -1.95. The Morgan fingerprint density at radius 3 is 2.83 bits per heavy atom. The fourth-order valence-electron chi connectivity index (χ4n) is 4.00. The molecule has 1 aromatic carbocycles. The van der Waals surface area contributed by atoms with E-state index in [1.807, 2.05) is 24.4 Å². The number of H-pyrrole nitrogens is 1. The van der Waals surface area contributed by atoms with Gasteiger partial charge in [-0.05, 0) is 60.0 Å². The topological polar surface area (TPSA) is 121 Å². The third-order valence-corrected chi connectivity index (χ3v) is 5.54. The molecule has 0 spiro atoms. The number of primary amides is 1. The van der Waals surface area contributed by atoms with Crippen LogP contribution in [0.4, 0.5) is 5.82 Å². The van der Waals surface area contributed by atoms with Crippen LogP contribution in [0.2, 0.25) is 0 Å². The largest absolute Gasteiger partial charge is 0.365 e. The van der Waals surface area contributed by atoms with E-state index in [0.717, 1.165) is 29.3 Å². The molecule has 3 aromatic rings. The van der Waals surface area contributed by atoms with Crippen molar-refractivity contribution in [2.75, 3.05) is 11.9 Å². The Labute approximate surface area is 173 Å². The number of carbonyl (C=O) groups excluding carboxylic acids is 3. The van der Waals surface area contributed by atoms with E-state index in [4.69, 9.17) is 5.73 Å². The minimum atomic E-state index is -0.835. The molecule has 3 heterocycles. The predicted octanol–water partition coefficient (Wildman–Crippen LogP) is 2.60. The molecular formula is C22H23N5O3. The maximum atomic E-state index is 13.1. The summed E-state index contributed by atoms with van der Waals surface area (Å²) in [6, 6.07) is 10.8. The van der Waals surface area contributed by atoms with Crippen LogP contribution in [0, 0.1) is 5.92 Å². The maximum Gasteiger partial charge on any atom is 0.315 e. The first-order valence-corrected chi connectivity index (χ1v) is 9.88. The van der Waals surface area contributed by atoms with Gasteiger partial charge in [-0.25, -0.2) is 4.98 Å². The number of benzene rings is 1. The Balaban J connectivity index is 1.59. The van der Waals surface area contributed by atoms with Crippen molar-refractivity contribution in [1.29, 1.82) is 0 Å². The molecule has 8 nitrogen and oxygen atoms in total. The van der Waals surface area contributed by atoms with Crippen molar-refractivity contribution in [3.05, 3.63) is 59.9 Å². The molecule has 30 heavy (non-hydrogen) atoms. The number of rotatable bonds is 3. The third-order valence-electron chi connectivity index (χ3n) is 5.54. The first-order valence-electron chi connectivity index (χ1n) is 9.88. The number of piperidine rings is 1. The highest BCUT2D eigenvalue weighted by molar-refractivity contribution is 6.39. The van der Waals surface area contributed by atoms with E-state index in [2.05, 4.69) is 28.3 Å². The lowest BCUT2D eigenvalue weighted by molar-refractivity contribution is -0.146. The first-order chi connectivity index (χ1) is 14.4. The highest BCUT2D eigenvalue weighted by Crippen LogP contribution is 2.34. The van der Waals surface area contributed by atoms with Crippen molar-refractivity contribution >= 4 is 34.4 Å². The molecule has 1 saturated heterocycles. The van der Waals surface area contributed by atoms with E-state index in [-0.39, 0.29) is 23.3 Å². The van der Waals surface area contributed by atoms with E-state index in [1.165, 1.54) is 18.3 Å². The van der Waals surface area contributed by atoms with Crippen LogP contribution in [-0.2, 0) is 9.59 Å². The number of carbonyl (C=O) groups is 3. The molecule has 0 bridgehead atoms. The molecule has 3 amide bonds. The zero-order valence-corrected chi connectivity index (χ0v) is 16.6. The summed E-state index contributed by atoms with van der Waals surface area (Å²) in [5, 5.41) is 3.51. The third kappa shape index (κ3) is 3.76. The van der Waals surface area contributed by atoms with Crippen LogP contribution in [0.15, 0.2) is 48.8 Å². The Kier molecular flexibility index (Phi) is 5.22. The minimum Gasteiger partial charge on any atom is -0.365 e. The fraction of sp³-hybridized carbons (Fsp3) is 0.273. The Morgan fingerprint density at radius 1 is 1.20 bits per heavy atom. The molecule has 2 aromatic heterocycles. The quantitative estimate of drug-likeness (QED) is 0.580. The summed E-state index contributed by atoms with van der Waals surface area (Å²) in [6.07, 6.45) is 5.03. The molecule has 1 fully saturated rings. The number of hydrogen-bond donors (Lipinski definition) is 3. The van der Waals surface area contributed by atoms with Crippen molar-refractivity contribution in [3.63, 3.8) is 0 Å². The van der Waals surface area contributed by atoms with Gasteiger partial charge in [0.25, 0.3) is 5.91 Å². The standard InChI is InChI=1S/C22H23N5O3/c1-13-4-7-18(15-5-6-17-14(11-15)8-10-24-17)27(12-13)22(30)21(29)26-20-16(19(23)28)3-2-9-25-20/h2-3,5-6,8-11,13,18,24H,4,7,12H2,1H3,(H2,23,28)(H,25,26,29)/t13-,18+/m0/s1. The average molecular weight is 405 g/mol. The molecule has 1 aliphatic heterocycles. The molecule has 4 N–H and O–H groups in total. The number of nitrogens with two attached hydrogens (primary N) is 1. The van der Waals surface area contributed by atoms with Crippen molar-refractivity contribution < 1.29 is 14.4 Å². The van der Waals surface area contributed by atoms with Crippen molar-refractivity contribution in [1.82, 2.24) is 14.9 Å². The van der Waals surface area contributed by atoms with Gasteiger partial charge in [-0.1, -0.05) is 13.0 Å². The second kappa shape index (κ2) is 7.98. The van der Waals surface area contributed by atoms with E-state index in [1.54, 1.807) is 4.90 Å². The Bertz CT molecular complexity index is 1120. The zero-order chi connectivity index (χ0) is 21.3. The second-order valence-corrected chi connectivity index (χ2v) is 7.70. The number of anilines is 1. The number of nitrogens with one attached hydrogen (secondary N) is 2. The number of aromatic nitrogens is 2. The predicted molar refractivity (Wildman–Crippen MR) is 113 cm³/mol. The van der Waals surface area contributed by atoms with Gasteiger partial charge in [0, 0.05) is 24.5 Å². The molecule has 4 rings (SSSR count). The van der Waals surface area contributed by atoms with Gasteiger partial charge < -0.3 is 20.9 Å². The summed E-state index contributed by atoms with van der Waals surface area (Å²) >= 11 is 0. The van der Waals surface area contributed by atoms with Crippen LogP contribution in [0.5, 0.6) is 0 Å².